The second-order valence-corrected chi connectivity index (χ2v) is 11.7. The molecule has 5 rings (SSSR count). The lowest BCUT2D eigenvalue weighted by molar-refractivity contribution is -0.385. The molecule has 11 nitrogen and oxygen atoms in total. The zero-order chi connectivity index (χ0) is 33.2. The summed E-state index contributed by atoms with van der Waals surface area (Å²) < 4.78 is 5.26. The lowest BCUT2D eigenvalue weighted by Gasteiger charge is -2.12. The van der Waals surface area contributed by atoms with Gasteiger partial charge in [0.25, 0.3) is 17.5 Å². The van der Waals surface area contributed by atoms with E-state index in [9.17, 15) is 24.5 Å². The van der Waals surface area contributed by atoms with Crippen molar-refractivity contribution in [1.29, 1.82) is 0 Å². The summed E-state index contributed by atoms with van der Waals surface area (Å²) in [5.41, 5.74) is 2.09. The van der Waals surface area contributed by atoms with Crippen LogP contribution in [0.15, 0.2) is 119 Å². The van der Waals surface area contributed by atoms with Crippen molar-refractivity contribution >= 4 is 63.4 Å². The molecule has 5 aromatic rings. The van der Waals surface area contributed by atoms with Crippen molar-refractivity contribution in [2.75, 3.05) is 23.5 Å². The van der Waals surface area contributed by atoms with E-state index in [0.717, 1.165) is 16.2 Å². The maximum atomic E-state index is 13.3. The maximum absolute atomic E-state index is 13.3. The Bertz CT molecular complexity index is 1940. The van der Waals surface area contributed by atoms with Gasteiger partial charge in [-0.25, -0.2) is 4.98 Å². The number of hydrogen-bond donors (Lipinski definition) is 3. The first-order chi connectivity index (χ1) is 22.8. The third-order valence-electron chi connectivity index (χ3n) is 6.56. The van der Waals surface area contributed by atoms with Gasteiger partial charge in [0.2, 0.25) is 5.91 Å². The summed E-state index contributed by atoms with van der Waals surface area (Å²) in [4.78, 5) is 55.1. The number of benzene rings is 4. The van der Waals surface area contributed by atoms with E-state index in [2.05, 4.69) is 20.9 Å². The van der Waals surface area contributed by atoms with Gasteiger partial charge < -0.3 is 20.7 Å². The van der Waals surface area contributed by atoms with Gasteiger partial charge in [-0.2, -0.15) is 0 Å². The van der Waals surface area contributed by atoms with E-state index >= 15 is 0 Å². The molecule has 0 fully saturated rings. The van der Waals surface area contributed by atoms with Crippen LogP contribution in [0.4, 0.5) is 16.5 Å². The average Bonchev–Trinajstić information content (AvgIpc) is 3.56. The summed E-state index contributed by atoms with van der Waals surface area (Å²) in [5, 5.41) is 22.0. The minimum atomic E-state index is -0.677. The van der Waals surface area contributed by atoms with Crippen LogP contribution in [0.5, 0.6) is 5.75 Å². The number of nitrogens with zero attached hydrogens (tertiary/aromatic N) is 2. The molecule has 0 spiro atoms. The second-order valence-electron chi connectivity index (χ2n) is 9.78. The average molecular weight is 666 g/mol. The number of hydrogen-bond acceptors (Lipinski definition) is 9. The molecule has 1 aromatic heterocycles. The number of para-hydroxylation sites is 1. The van der Waals surface area contributed by atoms with Crippen LogP contribution in [0.3, 0.4) is 0 Å². The number of carbonyl (C=O) groups is 3. The van der Waals surface area contributed by atoms with Gasteiger partial charge in [0.05, 0.1) is 29.0 Å². The molecule has 13 heteroatoms. The Morgan fingerprint density at radius 2 is 1.68 bits per heavy atom. The van der Waals surface area contributed by atoms with Gasteiger partial charge in [0.15, 0.2) is 5.13 Å². The Balaban J connectivity index is 1.21. The first-order valence-corrected chi connectivity index (χ1v) is 15.9. The summed E-state index contributed by atoms with van der Waals surface area (Å²) in [7, 11) is 1.60. The molecule has 47 heavy (non-hydrogen) atoms. The highest BCUT2D eigenvalue weighted by atomic mass is 32.2. The van der Waals surface area contributed by atoms with Gasteiger partial charge in [-0.3, -0.25) is 24.5 Å². The number of carbonyl (C=O) groups excluding carboxylic acids is 3. The van der Waals surface area contributed by atoms with Gasteiger partial charge in [-0.1, -0.05) is 42.5 Å². The summed E-state index contributed by atoms with van der Waals surface area (Å²) in [6, 6.07) is 28.5. The number of aromatic nitrogens is 1. The molecule has 1 heterocycles. The van der Waals surface area contributed by atoms with E-state index in [1.807, 2.05) is 29.6 Å². The minimum Gasteiger partial charge on any atom is -0.497 e. The molecule has 0 bridgehead atoms. The fourth-order valence-electron chi connectivity index (χ4n) is 4.26. The number of amides is 3. The van der Waals surface area contributed by atoms with Crippen LogP contribution >= 0.6 is 23.1 Å². The summed E-state index contributed by atoms with van der Waals surface area (Å²) in [6.45, 7) is 0. The number of ether oxygens (including phenoxy) is 1. The predicted molar refractivity (Wildman–Crippen MR) is 184 cm³/mol. The Labute approximate surface area is 277 Å². The maximum Gasteiger partial charge on any atom is 0.276 e. The molecule has 0 saturated carbocycles. The summed E-state index contributed by atoms with van der Waals surface area (Å²) >= 11 is 2.63. The van der Waals surface area contributed by atoms with Crippen LogP contribution in [-0.4, -0.2) is 40.5 Å². The molecule has 0 aliphatic carbocycles. The van der Waals surface area contributed by atoms with Gasteiger partial charge in [0, 0.05) is 33.2 Å². The van der Waals surface area contributed by atoms with Crippen LogP contribution < -0.4 is 20.7 Å². The molecule has 0 radical (unpaired) electrons. The van der Waals surface area contributed by atoms with Gasteiger partial charge in [-0.15, -0.1) is 23.1 Å². The topological polar surface area (TPSA) is 153 Å². The molecule has 3 amide bonds. The number of anilines is 2. The third-order valence-corrected chi connectivity index (χ3v) is 8.33. The largest absolute Gasteiger partial charge is 0.497 e. The Kier molecular flexibility index (Phi) is 10.7. The van der Waals surface area contributed by atoms with Gasteiger partial charge in [0.1, 0.15) is 11.4 Å². The lowest BCUT2D eigenvalue weighted by Crippen LogP contribution is -2.30. The molecule has 0 unspecified atom stereocenters. The van der Waals surface area contributed by atoms with E-state index in [4.69, 9.17) is 4.74 Å². The van der Waals surface area contributed by atoms with E-state index in [0.29, 0.717) is 22.1 Å². The zero-order valence-corrected chi connectivity index (χ0v) is 26.5. The molecule has 4 aromatic carbocycles. The number of thioether (sulfide) groups is 1. The molecular weight excluding hydrogens is 639 g/mol. The zero-order valence-electron chi connectivity index (χ0n) is 24.8. The Morgan fingerprint density at radius 3 is 2.43 bits per heavy atom. The molecule has 0 aliphatic heterocycles. The molecule has 0 aliphatic rings. The number of nitro groups is 1. The smallest absolute Gasteiger partial charge is 0.276 e. The van der Waals surface area contributed by atoms with Crippen LogP contribution in [0.25, 0.3) is 17.3 Å². The molecule has 236 valence electrons. The van der Waals surface area contributed by atoms with E-state index < -0.39 is 16.7 Å². The Hall–Kier alpha value is -5.79. The fraction of sp³-hybridized carbons (Fsp3) is 0.0588. The van der Waals surface area contributed by atoms with Crippen LogP contribution in [-0.2, 0) is 9.59 Å². The van der Waals surface area contributed by atoms with Crippen molar-refractivity contribution in [3.8, 4) is 17.0 Å². The SMILES string of the molecule is COc1cccc(-c2csc(NC(=O)CSc3ccc(NC(=O)/C(=C/c4ccccc4[N+](=O)[O-])NC(=O)c4ccccc4)cc3)n2)c1. The molecule has 3 N–H and O–H groups in total. The summed E-state index contributed by atoms with van der Waals surface area (Å²) in [5.74, 6) is -0.603. The molecular formula is C34H27N5O6S2. The third kappa shape index (κ3) is 8.90. The molecule has 0 atom stereocenters. The van der Waals surface area contributed by atoms with Crippen LogP contribution in [0.1, 0.15) is 15.9 Å². The molecule has 0 saturated heterocycles. The monoisotopic (exact) mass is 665 g/mol. The first-order valence-electron chi connectivity index (χ1n) is 14.0. The van der Waals surface area contributed by atoms with E-state index in [1.165, 1.54) is 47.4 Å². The van der Waals surface area contributed by atoms with Crippen molar-refractivity contribution in [3.05, 3.63) is 135 Å². The normalized spacial score (nSPS) is 11.0. The number of rotatable bonds is 12. The number of nitro benzene ring substituents is 1. The van der Waals surface area contributed by atoms with Crippen molar-refractivity contribution in [2.45, 2.75) is 4.90 Å². The van der Waals surface area contributed by atoms with Gasteiger partial charge in [-0.05, 0) is 60.7 Å². The van der Waals surface area contributed by atoms with E-state index in [-0.39, 0.29) is 28.6 Å². The van der Waals surface area contributed by atoms with Crippen molar-refractivity contribution in [1.82, 2.24) is 10.3 Å². The summed E-state index contributed by atoms with van der Waals surface area (Å²) in [6.07, 6.45) is 1.26. The van der Waals surface area contributed by atoms with Crippen LogP contribution in [0.2, 0.25) is 0 Å². The first kappa shape index (κ1) is 32.6. The van der Waals surface area contributed by atoms with Gasteiger partial charge >= 0.3 is 0 Å². The van der Waals surface area contributed by atoms with E-state index in [1.54, 1.807) is 67.8 Å². The Morgan fingerprint density at radius 1 is 0.936 bits per heavy atom. The standard InChI is InChI=1S/C34H27N5O6S2/c1-45-26-12-7-11-23(18-26)29-20-47-34(37-29)38-31(40)21-46-27-16-14-25(15-17-27)35-33(42)28(36-32(41)22-8-3-2-4-9-22)19-24-10-5-6-13-30(24)39(43)44/h2-20H,21H2,1H3,(H,35,42)(H,36,41)(H,37,38,40)/b28-19-. The van der Waals surface area contributed by atoms with Crippen molar-refractivity contribution in [3.63, 3.8) is 0 Å². The fourth-order valence-corrected chi connectivity index (χ4v) is 5.69. The number of methoxy groups -OCH3 is 1. The quantitative estimate of drug-likeness (QED) is 0.0565. The number of nitrogens with one attached hydrogen (secondary N) is 3. The highest BCUT2D eigenvalue weighted by molar-refractivity contribution is 8.00. The van der Waals surface area contributed by atoms with Crippen molar-refractivity contribution < 1.29 is 24.0 Å². The number of thiazole rings is 1. The lowest BCUT2D eigenvalue weighted by atomic mass is 10.1. The second kappa shape index (κ2) is 15.5. The predicted octanol–water partition coefficient (Wildman–Crippen LogP) is 6.87. The minimum absolute atomic E-state index is 0.133. The van der Waals surface area contributed by atoms with Crippen LogP contribution in [0, 0.1) is 10.1 Å². The van der Waals surface area contributed by atoms with Crippen molar-refractivity contribution in [2.24, 2.45) is 0 Å². The highest BCUT2D eigenvalue weighted by Crippen LogP contribution is 2.28. The highest BCUT2D eigenvalue weighted by Gasteiger charge is 2.18.